The number of carbonyl (C=O) groups is 1. The van der Waals surface area contributed by atoms with Gasteiger partial charge in [0.1, 0.15) is 23.8 Å². The molecule has 1 aromatic carbocycles. The number of fused-ring (bicyclic) bond motifs is 1. The molecular formula is C17H15F3N6O2. The van der Waals surface area contributed by atoms with E-state index < -0.39 is 17.8 Å². The number of hydrogen-bond acceptors (Lipinski definition) is 6. The minimum absolute atomic E-state index is 0.0221. The number of rotatable bonds is 4. The van der Waals surface area contributed by atoms with Gasteiger partial charge >= 0.3 is 6.18 Å². The molecule has 0 saturated carbocycles. The largest absolute Gasteiger partial charge is 0.497 e. The Morgan fingerprint density at radius 2 is 2.14 bits per heavy atom. The molecule has 1 aliphatic heterocycles. The van der Waals surface area contributed by atoms with Crippen LogP contribution < -0.4 is 15.4 Å². The fraction of sp³-hybridized carbons (Fsp3) is 0.294. The number of hydrogen-bond donors (Lipinski definition) is 2. The van der Waals surface area contributed by atoms with Crippen molar-refractivity contribution in [2.24, 2.45) is 0 Å². The molecule has 3 aromatic rings. The van der Waals surface area contributed by atoms with Gasteiger partial charge < -0.3 is 15.4 Å². The van der Waals surface area contributed by atoms with Gasteiger partial charge in [0.2, 0.25) is 11.9 Å². The van der Waals surface area contributed by atoms with E-state index in [2.05, 4.69) is 25.8 Å². The van der Waals surface area contributed by atoms with E-state index in [0.717, 1.165) is 6.07 Å². The summed E-state index contributed by atoms with van der Waals surface area (Å²) in [5.41, 5.74) is -0.683. The fourth-order valence-corrected chi connectivity index (χ4v) is 3.10. The summed E-state index contributed by atoms with van der Waals surface area (Å²) in [7, 11) is 1.30. The second-order valence-electron chi connectivity index (χ2n) is 6.21. The number of aromatic nitrogens is 4. The van der Waals surface area contributed by atoms with Crippen LogP contribution in [0.5, 0.6) is 5.75 Å². The molecular weight excluding hydrogens is 377 g/mol. The second-order valence-corrected chi connectivity index (χ2v) is 6.21. The molecule has 1 saturated heterocycles. The quantitative estimate of drug-likeness (QED) is 0.707. The molecule has 2 aromatic heterocycles. The zero-order valence-electron chi connectivity index (χ0n) is 14.6. The molecule has 1 amide bonds. The number of halogens is 3. The Morgan fingerprint density at radius 3 is 2.82 bits per heavy atom. The second kappa shape index (κ2) is 6.66. The van der Waals surface area contributed by atoms with Gasteiger partial charge in [0.15, 0.2) is 0 Å². The minimum Gasteiger partial charge on any atom is -0.497 e. The Labute approximate surface area is 156 Å². The number of methoxy groups -OCH3 is 1. The SMILES string of the molecule is COc1ccc(-c2nnc(NC3CCNC3=O)n3cncc23)c(C(F)(F)F)c1. The lowest BCUT2D eigenvalue weighted by Gasteiger charge is -2.16. The van der Waals surface area contributed by atoms with Crippen LogP contribution in [0, 0.1) is 0 Å². The third-order valence-corrected chi connectivity index (χ3v) is 4.49. The number of anilines is 1. The Hall–Kier alpha value is -3.37. The van der Waals surface area contributed by atoms with Crippen molar-refractivity contribution < 1.29 is 22.7 Å². The Morgan fingerprint density at radius 1 is 1.32 bits per heavy atom. The van der Waals surface area contributed by atoms with Crippen LogP contribution in [0.3, 0.4) is 0 Å². The van der Waals surface area contributed by atoms with Crippen LogP contribution in [0.1, 0.15) is 12.0 Å². The topological polar surface area (TPSA) is 93.4 Å². The van der Waals surface area contributed by atoms with Crippen molar-refractivity contribution in [2.75, 3.05) is 19.0 Å². The van der Waals surface area contributed by atoms with Crippen LogP contribution in [-0.2, 0) is 11.0 Å². The van der Waals surface area contributed by atoms with Crippen LogP contribution in [0.2, 0.25) is 0 Å². The normalized spacial score (nSPS) is 17.0. The summed E-state index contributed by atoms with van der Waals surface area (Å²) in [6.07, 6.45) is -1.25. The van der Waals surface area contributed by atoms with Crippen molar-refractivity contribution in [1.29, 1.82) is 0 Å². The lowest BCUT2D eigenvalue weighted by Crippen LogP contribution is -2.30. The molecule has 3 heterocycles. The predicted octanol–water partition coefficient (Wildman–Crippen LogP) is 2.12. The molecule has 8 nitrogen and oxygen atoms in total. The zero-order valence-corrected chi connectivity index (χ0v) is 14.6. The molecule has 2 N–H and O–H groups in total. The molecule has 11 heteroatoms. The van der Waals surface area contributed by atoms with Crippen molar-refractivity contribution in [3.63, 3.8) is 0 Å². The molecule has 1 unspecified atom stereocenters. The van der Waals surface area contributed by atoms with E-state index in [1.165, 1.54) is 36.2 Å². The number of alkyl halides is 3. The van der Waals surface area contributed by atoms with E-state index in [1.807, 2.05) is 0 Å². The summed E-state index contributed by atoms with van der Waals surface area (Å²) in [5.74, 6) is 0.133. The van der Waals surface area contributed by atoms with Gasteiger partial charge in [-0.3, -0.25) is 9.20 Å². The maximum atomic E-state index is 13.6. The van der Waals surface area contributed by atoms with Gasteiger partial charge in [-0.2, -0.15) is 13.2 Å². The van der Waals surface area contributed by atoms with Crippen molar-refractivity contribution in [3.05, 3.63) is 36.3 Å². The summed E-state index contributed by atoms with van der Waals surface area (Å²) in [6.45, 7) is 0.538. The summed E-state index contributed by atoms with van der Waals surface area (Å²) >= 11 is 0. The van der Waals surface area contributed by atoms with E-state index in [1.54, 1.807) is 0 Å². The van der Waals surface area contributed by atoms with E-state index in [0.29, 0.717) is 18.5 Å². The van der Waals surface area contributed by atoms with Crippen molar-refractivity contribution in [2.45, 2.75) is 18.6 Å². The number of amides is 1. The van der Waals surface area contributed by atoms with E-state index >= 15 is 0 Å². The first-order valence-corrected chi connectivity index (χ1v) is 8.37. The van der Waals surface area contributed by atoms with Crippen LogP contribution in [0.25, 0.3) is 16.8 Å². The highest BCUT2D eigenvalue weighted by molar-refractivity contribution is 5.86. The third kappa shape index (κ3) is 3.08. The molecule has 0 radical (unpaired) electrons. The van der Waals surface area contributed by atoms with E-state index in [4.69, 9.17) is 4.74 Å². The first kappa shape index (κ1) is 18.0. The van der Waals surface area contributed by atoms with Gasteiger partial charge in [-0.25, -0.2) is 4.98 Å². The van der Waals surface area contributed by atoms with Crippen LogP contribution in [0.15, 0.2) is 30.7 Å². The minimum atomic E-state index is -4.61. The lowest BCUT2D eigenvalue weighted by molar-refractivity contribution is -0.137. The van der Waals surface area contributed by atoms with Crippen LogP contribution >= 0.6 is 0 Å². The van der Waals surface area contributed by atoms with Gasteiger partial charge in [0.25, 0.3) is 0 Å². The van der Waals surface area contributed by atoms with Gasteiger partial charge in [-0.1, -0.05) is 0 Å². The van der Waals surface area contributed by atoms with Crippen molar-refractivity contribution in [3.8, 4) is 17.0 Å². The highest BCUT2D eigenvalue weighted by atomic mass is 19.4. The standard InChI is InChI=1S/C17H15F3N6O2/c1-28-9-2-3-10(11(6-9)17(18,19)20)14-13-7-21-8-26(13)16(25-24-14)23-12-4-5-22-15(12)27/h2-3,6-8,12H,4-5H2,1H3,(H,22,27)(H,23,25). The fourth-order valence-electron chi connectivity index (χ4n) is 3.10. The van der Waals surface area contributed by atoms with Gasteiger partial charge in [-0.05, 0) is 24.6 Å². The summed E-state index contributed by atoms with van der Waals surface area (Å²) < 4.78 is 47.1. The maximum Gasteiger partial charge on any atom is 0.417 e. The molecule has 1 atom stereocenters. The summed E-state index contributed by atoms with van der Waals surface area (Å²) in [4.78, 5) is 15.8. The third-order valence-electron chi connectivity index (χ3n) is 4.49. The van der Waals surface area contributed by atoms with Crippen molar-refractivity contribution >= 4 is 17.4 Å². The van der Waals surface area contributed by atoms with Gasteiger partial charge in [-0.15, -0.1) is 10.2 Å². The molecule has 0 bridgehead atoms. The molecule has 0 aliphatic carbocycles. The average molecular weight is 392 g/mol. The summed E-state index contributed by atoms with van der Waals surface area (Å²) in [5, 5.41) is 13.7. The van der Waals surface area contributed by atoms with Gasteiger partial charge in [0.05, 0.1) is 24.4 Å². The number of imidazole rings is 1. The number of benzene rings is 1. The lowest BCUT2D eigenvalue weighted by atomic mass is 10.0. The molecule has 1 fully saturated rings. The number of ether oxygens (including phenoxy) is 1. The van der Waals surface area contributed by atoms with Crippen LogP contribution in [0.4, 0.5) is 19.1 Å². The number of nitrogens with zero attached hydrogens (tertiary/aromatic N) is 4. The molecule has 4 rings (SSSR count). The van der Waals surface area contributed by atoms with Crippen LogP contribution in [-0.4, -0.2) is 45.2 Å². The Bertz CT molecular complexity index is 1050. The molecule has 146 valence electrons. The number of nitrogens with one attached hydrogen (secondary N) is 2. The molecule has 1 aliphatic rings. The van der Waals surface area contributed by atoms with E-state index in [-0.39, 0.29) is 28.9 Å². The Kier molecular flexibility index (Phi) is 4.28. The zero-order chi connectivity index (χ0) is 19.9. The average Bonchev–Trinajstić information content (AvgIpc) is 3.30. The first-order valence-electron chi connectivity index (χ1n) is 8.37. The van der Waals surface area contributed by atoms with Crippen molar-refractivity contribution in [1.82, 2.24) is 24.9 Å². The van der Waals surface area contributed by atoms with Gasteiger partial charge in [0, 0.05) is 12.1 Å². The predicted molar refractivity (Wildman–Crippen MR) is 92.8 cm³/mol. The smallest absolute Gasteiger partial charge is 0.417 e. The molecule has 0 spiro atoms. The first-order chi connectivity index (χ1) is 13.4. The maximum absolute atomic E-state index is 13.6. The highest BCUT2D eigenvalue weighted by Gasteiger charge is 2.35. The molecule has 28 heavy (non-hydrogen) atoms. The summed E-state index contributed by atoms with van der Waals surface area (Å²) in [6, 6.07) is 3.14. The van der Waals surface area contributed by atoms with E-state index in [9.17, 15) is 18.0 Å². The number of carbonyl (C=O) groups excluding carboxylic acids is 1. The monoisotopic (exact) mass is 392 g/mol. The highest BCUT2D eigenvalue weighted by Crippen LogP contribution is 2.39. The Balaban J connectivity index is 1.82.